The highest BCUT2D eigenvalue weighted by molar-refractivity contribution is 7.58. The van der Waals surface area contributed by atoms with Crippen LogP contribution >= 0.6 is 0 Å². The molecule has 5 aromatic rings. The van der Waals surface area contributed by atoms with Gasteiger partial charge >= 0.3 is 0 Å². The zero-order valence-corrected chi connectivity index (χ0v) is 20.6. The SMILES string of the molecule is CCC(C(=O)[O-])(c1ccccc1)c1ccccc1.[SH2+]c1ccc(-c2cccc3ccccc23)cc1. The number of fused-ring (bicyclic) bond motifs is 1. The van der Waals surface area contributed by atoms with Gasteiger partial charge < -0.3 is 9.90 Å². The second-order valence-electron chi connectivity index (χ2n) is 8.38. The Morgan fingerprint density at radius 3 is 1.74 bits per heavy atom. The molecule has 35 heavy (non-hydrogen) atoms. The molecular formula is C32H28O2S. The maximum atomic E-state index is 11.7. The highest BCUT2D eigenvalue weighted by Crippen LogP contribution is 2.35. The van der Waals surface area contributed by atoms with E-state index in [4.69, 9.17) is 0 Å². The Hall–Kier alpha value is -3.82. The molecule has 0 aliphatic carbocycles. The molecular weight excluding hydrogens is 448 g/mol. The Bertz CT molecular complexity index is 1350. The van der Waals surface area contributed by atoms with Crippen LogP contribution < -0.4 is 5.11 Å². The van der Waals surface area contributed by atoms with Gasteiger partial charge in [0.25, 0.3) is 0 Å². The molecule has 3 heteroatoms. The third-order valence-electron chi connectivity index (χ3n) is 6.40. The predicted octanol–water partition coefficient (Wildman–Crippen LogP) is 6.01. The van der Waals surface area contributed by atoms with E-state index in [1.54, 1.807) is 0 Å². The zero-order chi connectivity index (χ0) is 24.7. The van der Waals surface area contributed by atoms with Gasteiger partial charge in [-0.15, -0.1) is 0 Å². The Morgan fingerprint density at radius 1 is 0.686 bits per heavy atom. The Labute approximate surface area is 212 Å². The molecule has 0 heterocycles. The lowest BCUT2D eigenvalue weighted by Crippen LogP contribution is -2.46. The summed E-state index contributed by atoms with van der Waals surface area (Å²) >= 11 is 3.52. The van der Waals surface area contributed by atoms with E-state index in [0.717, 1.165) is 16.0 Å². The van der Waals surface area contributed by atoms with Crippen LogP contribution in [-0.4, -0.2) is 5.97 Å². The maximum absolute atomic E-state index is 11.7. The van der Waals surface area contributed by atoms with Crippen molar-refractivity contribution in [1.29, 1.82) is 0 Å². The fourth-order valence-corrected chi connectivity index (χ4v) is 4.69. The van der Waals surface area contributed by atoms with Gasteiger partial charge in [0, 0.05) is 0 Å². The first-order valence-electron chi connectivity index (χ1n) is 11.7. The number of carbonyl (C=O) groups excluding carboxylic acids is 1. The van der Waals surface area contributed by atoms with Crippen LogP contribution in [0.3, 0.4) is 0 Å². The van der Waals surface area contributed by atoms with Gasteiger partial charge in [-0.25, -0.2) is 0 Å². The molecule has 0 radical (unpaired) electrons. The van der Waals surface area contributed by atoms with Gasteiger partial charge in [-0.3, -0.25) is 0 Å². The predicted molar refractivity (Wildman–Crippen MR) is 147 cm³/mol. The summed E-state index contributed by atoms with van der Waals surface area (Å²) in [6.45, 7) is 1.87. The Kier molecular flexibility index (Phi) is 7.69. The summed E-state index contributed by atoms with van der Waals surface area (Å²) in [7, 11) is 0. The van der Waals surface area contributed by atoms with Gasteiger partial charge in [0.2, 0.25) is 0 Å². The summed E-state index contributed by atoms with van der Waals surface area (Å²) in [5.41, 5.74) is 3.00. The van der Waals surface area contributed by atoms with E-state index in [2.05, 4.69) is 79.4 Å². The number of hydrogen-bond acceptors (Lipinski definition) is 2. The lowest BCUT2D eigenvalue weighted by Gasteiger charge is -2.35. The molecule has 5 rings (SSSR count). The first kappa shape index (κ1) is 24.3. The smallest absolute Gasteiger partial charge is 0.150 e. The highest BCUT2D eigenvalue weighted by atomic mass is 32.1. The fraction of sp³-hybridized carbons (Fsp3) is 0.0938. The third kappa shape index (κ3) is 5.16. The lowest BCUT2D eigenvalue weighted by atomic mass is 9.72. The molecule has 0 aromatic heterocycles. The van der Waals surface area contributed by atoms with Gasteiger partial charge in [0.05, 0.1) is 11.4 Å². The van der Waals surface area contributed by atoms with Crippen LogP contribution in [-0.2, 0) is 22.8 Å². The van der Waals surface area contributed by atoms with Crippen LogP contribution in [0.4, 0.5) is 0 Å². The summed E-state index contributed by atoms with van der Waals surface area (Å²) in [6.07, 6.45) is 0.462. The molecule has 0 saturated heterocycles. The normalized spacial score (nSPS) is 10.9. The quantitative estimate of drug-likeness (QED) is 0.292. The minimum Gasteiger partial charge on any atom is -0.549 e. The minimum atomic E-state index is -1.07. The van der Waals surface area contributed by atoms with Gasteiger partial charge in [-0.2, -0.15) is 0 Å². The van der Waals surface area contributed by atoms with Crippen LogP contribution in [0.2, 0.25) is 0 Å². The van der Waals surface area contributed by atoms with E-state index >= 15 is 0 Å². The van der Waals surface area contributed by atoms with Gasteiger partial charge in [0.1, 0.15) is 4.90 Å². The number of rotatable bonds is 5. The van der Waals surface area contributed by atoms with Crippen molar-refractivity contribution >= 4 is 29.4 Å². The molecule has 0 amide bonds. The van der Waals surface area contributed by atoms with Crippen LogP contribution in [0.15, 0.2) is 132 Å². The number of hydrogen-bond donors (Lipinski definition) is 0. The molecule has 0 bridgehead atoms. The first-order chi connectivity index (χ1) is 17.1. The average Bonchev–Trinajstić information content (AvgIpc) is 2.91. The van der Waals surface area contributed by atoms with Crippen molar-refractivity contribution in [1.82, 2.24) is 0 Å². The number of aliphatic carboxylic acids is 1. The third-order valence-corrected chi connectivity index (χ3v) is 6.73. The molecule has 5 aromatic carbocycles. The summed E-state index contributed by atoms with van der Waals surface area (Å²) in [5, 5.41) is 14.3. The second kappa shape index (κ2) is 11.1. The van der Waals surface area contributed by atoms with E-state index < -0.39 is 11.4 Å². The maximum Gasteiger partial charge on any atom is 0.150 e. The van der Waals surface area contributed by atoms with E-state index in [1.165, 1.54) is 21.9 Å². The van der Waals surface area contributed by atoms with Gasteiger partial charge in [0.15, 0.2) is 0 Å². The van der Waals surface area contributed by atoms with E-state index in [9.17, 15) is 9.90 Å². The molecule has 0 aliphatic rings. The molecule has 0 unspecified atom stereocenters. The van der Waals surface area contributed by atoms with Crippen molar-refractivity contribution in [2.24, 2.45) is 0 Å². The van der Waals surface area contributed by atoms with Gasteiger partial charge in [-0.05, 0) is 76.3 Å². The van der Waals surface area contributed by atoms with Crippen LogP contribution in [0.1, 0.15) is 24.5 Å². The van der Waals surface area contributed by atoms with Crippen molar-refractivity contribution in [3.05, 3.63) is 139 Å². The Balaban J connectivity index is 0.000000165. The van der Waals surface area contributed by atoms with Crippen molar-refractivity contribution in [3.63, 3.8) is 0 Å². The van der Waals surface area contributed by atoms with Crippen LogP contribution in [0.25, 0.3) is 21.9 Å². The average molecular weight is 477 g/mol. The van der Waals surface area contributed by atoms with E-state index in [0.29, 0.717) is 6.42 Å². The van der Waals surface area contributed by atoms with Gasteiger partial charge in [-0.1, -0.05) is 110 Å². The van der Waals surface area contributed by atoms with Crippen molar-refractivity contribution in [3.8, 4) is 11.1 Å². The summed E-state index contributed by atoms with van der Waals surface area (Å²) in [6, 6.07) is 41.9. The van der Waals surface area contributed by atoms with Crippen LogP contribution in [0.5, 0.6) is 0 Å². The topological polar surface area (TPSA) is 40.1 Å². The minimum absolute atomic E-state index is 0.462. The van der Waals surface area contributed by atoms with Crippen molar-refractivity contribution < 1.29 is 9.90 Å². The Morgan fingerprint density at radius 2 is 1.20 bits per heavy atom. The molecule has 0 atom stereocenters. The highest BCUT2D eigenvalue weighted by Gasteiger charge is 2.33. The summed E-state index contributed by atoms with van der Waals surface area (Å²) in [5.74, 6) is -1.05. The number of carboxylic acids is 1. The fourth-order valence-electron chi connectivity index (χ4n) is 4.53. The van der Waals surface area contributed by atoms with Crippen molar-refractivity contribution in [2.45, 2.75) is 23.7 Å². The van der Waals surface area contributed by atoms with Crippen molar-refractivity contribution in [2.75, 3.05) is 0 Å². The zero-order valence-electron chi connectivity index (χ0n) is 19.6. The molecule has 0 aliphatic heterocycles. The summed E-state index contributed by atoms with van der Waals surface area (Å²) < 4.78 is 0. The molecule has 0 spiro atoms. The standard InChI is InChI=1S/C16H16O2.C16H12S/c1-2-16(15(17)18,13-9-5-3-6-10-13)14-11-7-4-8-12-14;17-14-10-8-13(9-11-14)16-7-3-5-12-4-1-2-6-15(12)16/h3-12H,2H2,1H3,(H,17,18);1-11,17H. The molecule has 0 saturated carbocycles. The van der Waals surface area contributed by atoms with E-state index in [1.807, 2.05) is 67.6 Å². The second-order valence-corrected chi connectivity index (χ2v) is 8.96. The molecule has 0 fully saturated rings. The molecule has 0 N–H and O–H groups in total. The monoisotopic (exact) mass is 476 g/mol. The van der Waals surface area contributed by atoms with E-state index in [-0.39, 0.29) is 0 Å². The molecule has 174 valence electrons. The lowest BCUT2D eigenvalue weighted by molar-refractivity contribution is -0.312. The molecule has 2 nitrogen and oxygen atoms in total. The number of benzene rings is 5. The number of carboxylic acid groups (broad SMARTS) is 1. The summed E-state index contributed by atoms with van der Waals surface area (Å²) in [4.78, 5) is 12.8. The number of carbonyl (C=O) groups is 1. The first-order valence-corrected chi connectivity index (χ1v) is 12.2. The van der Waals surface area contributed by atoms with Crippen LogP contribution in [0, 0.1) is 0 Å². The largest absolute Gasteiger partial charge is 0.549 e.